The molecule has 1 nitrogen and oxygen atoms in total. The summed E-state index contributed by atoms with van der Waals surface area (Å²) in [4.78, 5) is 0. The number of ether oxygens (including phenoxy) is 1. The van der Waals surface area contributed by atoms with Crippen LogP contribution >= 0.6 is 34.2 Å². The number of hydrogen-bond donors (Lipinski definition) is 0. The Balaban J connectivity index is 1.92. The van der Waals surface area contributed by atoms with Gasteiger partial charge in [0.05, 0.1) is 18.6 Å². The number of benzene rings is 2. The van der Waals surface area contributed by atoms with Crippen molar-refractivity contribution in [2.45, 2.75) is 18.6 Å². The third-order valence-electron chi connectivity index (χ3n) is 3.20. The summed E-state index contributed by atoms with van der Waals surface area (Å²) in [7, 11) is 0. The third kappa shape index (κ3) is 2.42. The van der Waals surface area contributed by atoms with E-state index >= 15 is 0 Å². The highest BCUT2D eigenvalue weighted by molar-refractivity contribution is 14.1. The van der Waals surface area contributed by atoms with Crippen LogP contribution in [0.25, 0.3) is 0 Å². The molecule has 0 saturated heterocycles. The van der Waals surface area contributed by atoms with Gasteiger partial charge in [0, 0.05) is 3.57 Å². The fourth-order valence-electron chi connectivity index (χ4n) is 2.17. The van der Waals surface area contributed by atoms with Crippen LogP contribution in [0.5, 0.6) is 0 Å². The molecule has 0 spiro atoms. The molecule has 0 aliphatic carbocycles. The molecule has 18 heavy (non-hydrogen) atoms. The highest BCUT2D eigenvalue weighted by Gasteiger charge is 2.16. The van der Waals surface area contributed by atoms with Crippen LogP contribution < -0.4 is 0 Å². The molecule has 0 aromatic heterocycles. The number of rotatable bonds is 2. The van der Waals surface area contributed by atoms with Crippen molar-refractivity contribution in [2.24, 2.45) is 0 Å². The minimum Gasteiger partial charge on any atom is -0.372 e. The smallest absolute Gasteiger partial charge is 0.0835 e. The number of halogens is 2. The lowest BCUT2D eigenvalue weighted by molar-refractivity contribution is 0.134. The largest absolute Gasteiger partial charge is 0.372 e. The van der Waals surface area contributed by atoms with Gasteiger partial charge < -0.3 is 4.74 Å². The molecule has 92 valence electrons. The molecule has 0 bridgehead atoms. The SMILES string of the molecule is ClC(c1ccc(I)cc1)c1ccc2c(c1)COC2. The fourth-order valence-corrected chi connectivity index (χ4v) is 2.81. The molecule has 3 rings (SSSR count). The Morgan fingerprint density at radius 2 is 1.61 bits per heavy atom. The molecule has 0 N–H and O–H groups in total. The van der Waals surface area contributed by atoms with Crippen LogP contribution in [0.3, 0.4) is 0 Å². The summed E-state index contributed by atoms with van der Waals surface area (Å²) in [5.74, 6) is 0. The summed E-state index contributed by atoms with van der Waals surface area (Å²) >= 11 is 8.84. The quantitative estimate of drug-likeness (QED) is 0.552. The summed E-state index contributed by atoms with van der Waals surface area (Å²) in [5, 5.41) is -0.0899. The Bertz CT molecular complexity index is 565. The first-order chi connectivity index (χ1) is 8.74. The Morgan fingerprint density at radius 3 is 2.39 bits per heavy atom. The lowest BCUT2D eigenvalue weighted by atomic mass is 10.0. The van der Waals surface area contributed by atoms with Gasteiger partial charge in [-0.15, -0.1) is 11.6 Å². The molecule has 1 aliphatic rings. The molecule has 0 amide bonds. The molecule has 1 unspecified atom stereocenters. The molecule has 1 aliphatic heterocycles. The van der Waals surface area contributed by atoms with E-state index in [0.29, 0.717) is 6.61 Å². The summed E-state index contributed by atoms with van der Waals surface area (Å²) in [5.41, 5.74) is 4.83. The minimum atomic E-state index is -0.0899. The van der Waals surface area contributed by atoms with E-state index < -0.39 is 0 Å². The van der Waals surface area contributed by atoms with Crippen LogP contribution in [0.4, 0.5) is 0 Å². The number of fused-ring (bicyclic) bond motifs is 1. The molecule has 0 fully saturated rings. The van der Waals surface area contributed by atoms with E-state index in [1.54, 1.807) is 0 Å². The number of alkyl halides is 1. The van der Waals surface area contributed by atoms with Crippen LogP contribution in [0.1, 0.15) is 27.6 Å². The van der Waals surface area contributed by atoms with Crippen LogP contribution in [-0.4, -0.2) is 0 Å². The highest BCUT2D eigenvalue weighted by atomic mass is 127. The van der Waals surface area contributed by atoms with Gasteiger partial charge in [-0.25, -0.2) is 0 Å². The first kappa shape index (κ1) is 12.5. The fraction of sp³-hybridized carbons (Fsp3) is 0.200. The van der Waals surface area contributed by atoms with Crippen LogP contribution in [0, 0.1) is 3.57 Å². The molecule has 0 radical (unpaired) electrons. The molecule has 0 saturated carbocycles. The van der Waals surface area contributed by atoms with Gasteiger partial charge in [0.25, 0.3) is 0 Å². The molecular formula is C15H12ClIO. The standard InChI is InChI=1S/C15H12ClIO/c16-15(10-3-5-14(17)6-4-10)11-1-2-12-8-18-9-13(12)7-11/h1-7,15H,8-9H2. The van der Waals surface area contributed by atoms with Crippen LogP contribution in [0.2, 0.25) is 0 Å². The zero-order valence-electron chi connectivity index (χ0n) is 9.70. The maximum atomic E-state index is 6.54. The number of hydrogen-bond acceptors (Lipinski definition) is 1. The van der Waals surface area contributed by atoms with Gasteiger partial charge in [-0.3, -0.25) is 0 Å². The van der Waals surface area contributed by atoms with Gasteiger partial charge in [-0.05, 0) is 57.0 Å². The normalized spacial score (nSPS) is 15.4. The zero-order valence-corrected chi connectivity index (χ0v) is 12.6. The molecule has 3 heteroatoms. The van der Waals surface area contributed by atoms with E-state index in [2.05, 4.69) is 65.1 Å². The third-order valence-corrected chi connectivity index (χ3v) is 4.42. The van der Waals surface area contributed by atoms with Crippen molar-refractivity contribution < 1.29 is 4.74 Å². The molecule has 1 atom stereocenters. The van der Waals surface area contributed by atoms with Crippen LogP contribution in [-0.2, 0) is 18.0 Å². The van der Waals surface area contributed by atoms with E-state index in [1.165, 1.54) is 14.7 Å². The Kier molecular flexibility index (Phi) is 3.59. The Morgan fingerprint density at radius 1 is 0.944 bits per heavy atom. The predicted octanol–water partition coefficient (Wildman–Crippen LogP) is 4.65. The van der Waals surface area contributed by atoms with Crippen LogP contribution in [0.15, 0.2) is 42.5 Å². The van der Waals surface area contributed by atoms with E-state index in [4.69, 9.17) is 16.3 Å². The lowest BCUT2D eigenvalue weighted by Crippen LogP contribution is -1.95. The topological polar surface area (TPSA) is 9.23 Å². The Labute approximate surface area is 125 Å². The van der Waals surface area contributed by atoms with E-state index in [0.717, 1.165) is 17.7 Å². The summed E-state index contributed by atoms with van der Waals surface area (Å²) in [6.07, 6.45) is 0. The minimum absolute atomic E-state index is 0.0899. The van der Waals surface area contributed by atoms with Crippen molar-refractivity contribution in [2.75, 3.05) is 0 Å². The van der Waals surface area contributed by atoms with Crippen molar-refractivity contribution in [3.05, 3.63) is 68.3 Å². The van der Waals surface area contributed by atoms with Gasteiger partial charge in [0.1, 0.15) is 0 Å². The predicted molar refractivity (Wildman–Crippen MR) is 81.8 cm³/mol. The first-order valence-electron chi connectivity index (χ1n) is 5.83. The van der Waals surface area contributed by atoms with Crippen molar-refractivity contribution in [3.63, 3.8) is 0 Å². The van der Waals surface area contributed by atoms with Gasteiger partial charge in [0.15, 0.2) is 0 Å². The Hall–Kier alpha value is -0.580. The van der Waals surface area contributed by atoms with Crippen molar-refractivity contribution in [1.29, 1.82) is 0 Å². The van der Waals surface area contributed by atoms with Crippen molar-refractivity contribution in [3.8, 4) is 0 Å². The van der Waals surface area contributed by atoms with Gasteiger partial charge in [0.2, 0.25) is 0 Å². The average molecular weight is 371 g/mol. The first-order valence-corrected chi connectivity index (χ1v) is 7.34. The van der Waals surface area contributed by atoms with E-state index in [9.17, 15) is 0 Å². The summed E-state index contributed by atoms with van der Waals surface area (Å²) in [6.45, 7) is 1.44. The second-order valence-corrected chi connectivity index (χ2v) is 6.12. The van der Waals surface area contributed by atoms with Gasteiger partial charge in [-0.1, -0.05) is 30.3 Å². The zero-order chi connectivity index (χ0) is 12.5. The summed E-state index contributed by atoms with van der Waals surface area (Å²) in [6, 6.07) is 14.7. The second-order valence-electron chi connectivity index (χ2n) is 4.44. The lowest BCUT2D eigenvalue weighted by Gasteiger charge is -2.11. The second kappa shape index (κ2) is 5.19. The van der Waals surface area contributed by atoms with Gasteiger partial charge >= 0.3 is 0 Å². The maximum absolute atomic E-state index is 6.54. The van der Waals surface area contributed by atoms with Crippen molar-refractivity contribution in [1.82, 2.24) is 0 Å². The van der Waals surface area contributed by atoms with E-state index in [-0.39, 0.29) is 5.38 Å². The highest BCUT2D eigenvalue weighted by Crippen LogP contribution is 2.32. The van der Waals surface area contributed by atoms with E-state index in [1.807, 2.05) is 0 Å². The molecular weight excluding hydrogens is 359 g/mol. The monoisotopic (exact) mass is 370 g/mol. The average Bonchev–Trinajstić information content (AvgIpc) is 2.86. The molecule has 2 aromatic rings. The van der Waals surface area contributed by atoms with Gasteiger partial charge in [-0.2, -0.15) is 0 Å². The maximum Gasteiger partial charge on any atom is 0.0835 e. The van der Waals surface area contributed by atoms with Crippen molar-refractivity contribution >= 4 is 34.2 Å². The molecule has 2 aromatic carbocycles. The molecule has 1 heterocycles. The summed E-state index contributed by atoms with van der Waals surface area (Å²) < 4.78 is 6.65.